The first-order chi connectivity index (χ1) is 9.53. The van der Waals surface area contributed by atoms with Crippen LogP contribution in [0, 0.1) is 19.3 Å². The second-order valence-electron chi connectivity index (χ2n) is 6.11. The number of carbonyl (C=O) groups excluding carboxylic acids is 2. The van der Waals surface area contributed by atoms with Gasteiger partial charge in [-0.05, 0) is 26.7 Å². The predicted molar refractivity (Wildman–Crippen MR) is 71.7 cm³/mol. The van der Waals surface area contributed by atoms with Crippen LogP contribution in [0.1, 0.15) is 55.5 Å². The van der Waals surface area contributed by atoms with Gasteiger partial charge in [0.2, 0.25) is 11.8 Å². The molecular formula is C15H20N2O3. The zero-order valence-electron chi connectivity index (χ0n) is 12.1. The van der Waals surface area contributed by atoms with Crippen LogP contribution in [0.5, 0.6) is 0 Å². The number of carbonyl (C=O) groups is 2. The van der Waals surface area contributed by atoms with Gasteiger partial charge in [-0.1, -0.05) is 24.4 Å². The Hall–Kier alpha value is -1.65. The summed E-state index contributed by atoms with van der Waals surface area (Å²) in [6.07, 6.45) is 5.38. The van der Waals surface area contributed by atoms with E-state index in [2.05, 4.69) is 5.16 Å². The lowest BCUT2D eigenvalue weighted by Gasteiger charge is -2.30. The predicted octanol–water partition coefficient (Wildman–Crippen LogP) is 2.50. The first-order valence-electron chi connectivity index (χ1n) is 7.30. The lowest BCUT2D eigenvalue weighted by atomic mass is 9.73. The zero-order valence-corrected chi connectivity index (χ0v) is 12.1. The van der Waals surface area contributed by atoms with Crippen molar-refractivity contribution in [2.24, 2.45) is 5.41 Å². The van der Waals surface area contributed by atoms with E-state index in [-0.39, 0.29) is 11.8 Å². The Balaban J connectivity index is 1.84. The highest BCUT2D eigenvalue weighted by atomic mass is 16.5. The van der Waals surface area contributed by atoms with E-state index in [1.54, 1.807) is 0 Å². The lowest BCUT2D eigenvalue weighted by molar-refractivity contribution is -0.142. The van der Waals surface area contributed by atoms with E-state index in [1.807, 2.05) is 13.8 Å². The van der Waals surface area contributed by atoms with Crippen LogP contribution in [-0.2, 0) is 16.1 Å². The van der Waals surface area contributed by atoms with Crippen molar-refractivity contribution in [3.05, 3.63) is 17.0 Å². The maximum atomic E-state index is 12.7. The van der Waals surface area contributed by atoms with Crippen LogP contribution >= 0.6 is 0 Å². The van der Waals surface area contributed by atoms with Gasteiger partial charge in [0.15, 0.2) is 0 Å². The second-order valence-corrected chi connectivity index (χ2v) is 6.11. The number of imide groups is 1. The molecule has 108 valence electrons. The van der Waals surface area contributed by atoms with Crippen LogP contribution in [0.15, 0.2) is 4.52 Å². The maximum Gasteiger partial charge on any atom is 0.236 e. The van der Waals surface area contributed by atoms with Crippen molar-refractivity contribution in [3.63, 3.8) is 0 Å². The van der Waals surface area contributed by atoms with Crippen LogP contribution in [0.4, 0.5) is 0 Å². The minimum absolute atomic E-state index is 0.0159. The summed E-state index contributed by atoms with van der Waals surface area (Å²) >= 11 is 0. The fraction of sp³-hybridized carbons (Fsp3) is 0.667. The normalized spacial score (nSPS) is 22.0. The molecule has 0 aromatic carbocycles. The molecule has 1 saturated carbocycles. The molecule has 1 aliphatic heterocycles. The van der Waals surface area contributed by atoms with Gasteiger partial charge in [-0.3, -0.25) is 14.5 Å². The molecule has 0 bridgehead atoms. The number of hydrogen-bond donors (Lipinski definition) is 0. The molecule has 0 unspecified atom stereocenters. The highest BCUT2D eigenvalue weighted by molar-refractivity contribution is 6.05. The molecule has 2 fully saturated rings. The van der Waals surface area contributed by atoms with Crippen molar-refractivity contribution in [2.45, 2.75) is 58.9 Å². The summed E-state index contributed by atoms with van der Waals surface area (Å²) in [5.41, 5.74) is 1.21. The first kappa shape index (κ1) is 13.3. The average Bonchev–Trinajstić information content (AvgIpc) is 2.85. The van der Waals surface area contributed by atoms with Crippen LogP contribution < -0.4 is 0 Å². The molecule has 0 radical (unpaired) electrons. The highest BCUT2D eigenvalue weighted by Gasteiger charge is 2.51. The average molecular weight is 276 g/mol. The highest BCUT2D eigenvalue weighted by Crippen LogP contribution is 2.45. The van der Waals surface area contributed by atoms with Gasteiger partial charge in [0.1, 0.15) is 5.76 Å². The molecular weight excluding hydrogens is 256 g/mol. The van der Waals surface area contributed by atoms with Crippen molar-refractivity contribution in [3.8, 4) is 0 Å². The van der Waals surface area contributed by atoms with Gasteiger partial charge in [0, 0.05) is 12.0 Å². The molecule has 0 atom stereocenters. The molecule has 1 aromatic rings. The van der Waals surface area contributed by atoms with Gasteiger partial charge >= 0.3 is 0 Å². The molecule has 0 N–H and O–H groups in total. The number of aromatic nitrogens is 1. The Morgan fingerprint density at radius 2 is 1.90 bits per heavy atom. The Morgan fingerprint density at radius 3 is 2.50 bits per heavy atom. The molecule has 3 rings (SSSR count). The quantitative estimate of drug-likeness (QED) is 0.778. The fourth-order valence-electron chi connectivity index (χ4n) is 3.52. The molecule has 20 heavy (non-hydrogen) atoms. The van der Waals surface area contributed by atoms with Gasteiger partial charge in [-0.15, -0.1) is 0 Å². The summed E-state index contributed by atoms with van der Waals surface area (Å²) in [5.74, 6) is 0.659. The van der Waals surface area contributed by atoms with Gasteiger partial charge in [-0.25, -0.2) is 0 Å². The topological polar surface area (TPSA) is 63.4 Å². The standard InChI is InChI=1S/C15H20N2O3/c1-10-12(11(2)20-16-10)9-17-13(18)8-15(14(17)19)6-4-3-5-7-15/h3-9H2,1-2H3. The van der Waals surface area contributed by atoms with Crippen molar-refractivity contribution >= 4 is 11.8 Å². The van der Waals surface area contributed by atoms with Crippen molar-refractivity contribution in [1.29, 1.82) is 0 Å². The van der Waals surface area contributed by atoms with Gasteiger partial charge in [0.05, 0.1) is 17.7 Å². The third kappa shape index (κ3) is 1.96. The third-order valence-electron chi connectivity index (χ3n) is 4.80. The van der Waals surface area contributed by atoms with E-state index in [1.165, 1.54) is 11.3 Å². The summed E-state index contributed by atoms with van der Waals surface area (Å²) in [6, 6.07) is 0. The zero-order chi connectivity index (χ0) is 14.3. The van der Waals surface area contributed by atoms with E-state index in [9.17, 15) is 9.59 Å². The number of amides is 2. The number of likely N-dealkylation sites (tertiary alicyclic amines) is 1. The van der Waals surface area contributed by atoms with Crippen molar-refractivity contribution in [2.75, 3.05) is 0 Å². The van der Waals surface area contributed by atoms with Gasteiger partial charge < -0.3 is 4.52 Å². The van der Waals surface area contributed by atoms with Crippen molar-refractivity contribution in [1.82, 2.24) is 10.1 Å². The molecule has 2 amide bonds. The van der Waals surface area contributed by atoms with E-state index in [4.69, 9.17) is 4.52 Å². The van der Waals surface area contributed by atoms with Gasteiger partial charge in [-0.2, -0.15) is 0 Å². The molecule has 1 aromatic heterocycles. The maximum absolute atomic E-state index is 12.7. The summed E-state index contributed by atoms with van der Waals surface area (Å²) in [4.78, 5) is 26.4. The van der Waals surface area contributed by atoms with Crippen LogP contribution in [0.25, 0.3) is 0 Å². The van der Waals surface area contributed by atoms with Crippen LogP contribution in [0.2, 0.25) is 0 Å². The van der Waals surface area contributed by atoms with E-state index < -0.39 is 5.41 Å². The molecule has 2 heterocycles. The van der Waals surface area contributed by atoms with Crippen LogP contribution in [0.3, 0.4) is 0 Å². The molecule has 1 spiro atoms. The first-order valence-corrected chi connectivity index (χ1v) is 7.30. The van der Waals surface area contributed by atoms with Crippen LogP contribution in [-0.4, -0.2) is 21.9 Å². The summed E-state index contributed by atoms with van der Waals surface area (Å²) in [5, 5.41) is 3.89. The SMILES string of the molecule is Cc1noc(C)c1CN1C(=O)CC2(CCCCC2)C1=O. The minimum atomic E-state index is -0.408. The molecule has 1 aliphatic carbocycles. The Morgan fingerprint density at radius 1 is 1.20 bits per heavy atom. The van der Waals surface area contributed by atoms with Crippen molar-refractivity contribution < 1.29 is 14.1 Å². The Kier molecular flexibility index (Phi) is 3.15. The fourth-order valence-corrected chi connectivity index (χ4v) is 3.52. The monoisotopic (exact) mass is 276 g/mol. The molecule has 5 heteroatoms. The lowest BCUT2D eigenvalue weighted by Crippen LogP contribution is -2.36. The Labute approximate surface area is 118 Å². The smallest absolute Gasteiger partial charge is 0.236 e. The molecule has 1 saturated heterocycles. The number of hydrogen-bond acceptors (Lipinski definition) is 4. The molecule has 5 nitrogen and oxygen atoms in total. The largest absolute Gasteiger partial charge is 0.361 e. The van der Waals surface area contributed by atoms with Gasteiger partial charge in [0.25, 0.3) is 0 Å². The summed E-state index contributed by atoms with van der Waals surface area (Å²) < 4.78 is 5.11. The molecule has 2 aliphatic rings. The second kappa shape index (κ2) is 4.72. The third-order valence-corrected chi connectivity index (χ3v) is 4.80. The number of nitrogens with zero attached hydrogens (tertiary/aromatic N) is 2. The van der Waals surface area contributed by atoms with E-state index >= 15 is 0 Å². The Bertz CT molecular complexity index is 536. The number of aryl methyl sites for hydroxylation is 2. The summed E-state index contributed by atoms with van der Waals surface area (Å²) in [7, 11) is 0. The van der Waals surface area contributed by atoms with E-state index in [0.717, 1.165) is 36.9 Å². The number of rotatable bonds is 2. The summed E-state index contributed by atoms with van der Waals surface area (Å²) in [6.45, 7) is 3.96. The minimum Gasteiger partial charge on any atom is -0.361 e. The van der Waals surface area contributed by atoms with E-state index in [0.29, 0.717) is 18.7 Å².